The average Bonchev–Trinajstić information content (AvgIpc) is 3.41. The van der Waals surface area contributed by atoms with E-state index in [1.54, 1.807) is 11.3 Å². The number of hydrogen-bond donors (Lipinski definition) is 1. The van der Waals surface area contributed by atoms with Crippen LogP contribution in [0.15, 0.2) is 44.7 Å². The Hall–Kier alpha value is -2.85. The molecule has 2 N–H and O–H groups in total. The van der Waals surface area contributed by atoms with E-state index in [0.29, 0.717) is 28.4 Å². The van der Waals surface area contributed by atoms with Crippen LogP contribution < -0.4 is 10.6 Å². The molecule has 3 heterocycles. The smallest absolute Gasteiger partial charge is 0.237 e. The van der Waals surface area contributed by atoms with Gasteiger partial charge in [-0.3, -0.25) is 0 Å². The van der Waals surface area contributed by atoms with Crippen LogP contribution in [0.1, 0.15) is 22.8 Å². The number of ether oxygens (including phenoxy) is 1. The number of nitrogens with two attached hydrogens (primary N) is 1. The number of thioether (sulfide) groups is 1. The molecule has 3 aromatic heterocycles. The van der Waals surface area contributed by atoms with E-state index >= 15 is 0 Å². The van der Waals surface area contributed by atoms with Crippen molar-refractivity contribution in [3.63, 3.8) is 0 Å². The summed E-state index contributed by atoms with van der Waals surface area (Å²) in [5.74, 6) is 9.02. The first kappa shape index (κ1) is 18.5. The van der Waals surface area contributed by atoms with Crippen molar-refractivity contribution in [2.24, 2.45) is 0 Å². The third-order valence-electron chi connectivity index (χ3n) is 4.06. The Morgan fingerprint density at radius 1 is 1.21 bits per heavy atom. The van der Waals surface area contributed by atoms with Crippen molar-refractivity contribution in [2.45, 2.75) is 31.4 Å². The molecule has 0 saturated heterocycles. The summed E-state index contributed by atoms with van der Waals surface area (Å²) >= 11 is 2.96. The lowest BCUT2D eigenvalue weighted by Crippen LogP contribution is -2.16. The number of rotatable bonds is 7. The fraction of sp³-hybridized carbons (Fsp3) is 0.222. The normalized spacial score (nSPS) is 11.1. The molecule has 4 aromatic rings. The number of aryl methyl sites for hydroxylation is 2. The average molecular weight is 415 g/mol. The van der Waals surface area contributed by atoms with Crippen LogP contribution in [-0.2, 0) is 12.4 Å². The number of thiophene rings is 1. The summed E-state index contributed by atoms with van der Waals surface area (Å²) in [4.78, 5) is 4.38. The van der Waals surface area contributed by atoms with Crippen molar-refractivity contribution >= 4 is 23.1 Å². The molecule has 0 atom stereocenters. The van der Waals surface area contributed by atoms with E-state index in [4.69, 9.17) is 15.1 Å². The first-order chi connectivity index (χ1) is 13.6. The third kappa shape index (κ3) is 3.87. The minimum atomic E-state index is 0.235. The largest absolute Gasteiger partial charge is 0.485 e. The predicted octanol–water partition coefficient (Wildman–Crippen LogP) is 3.59. The molecule has 144 valence electrons. The van der Waals surface area contributed by atoms with E-state index in [2.05, 4.69) is 20.3 Å². The van der Waals surface area contributed by atoms with Crippen molar-refractivity contribution in [3.05, 3.63) is 57.9 Å². The molecule has 1 aromatic carbocycles. The van der Waals surface area contributed by atoms with Gasteiger partial charge in [-0.2, -0.15) is 16.3 Å². The monoisotopic (exact) mass is 414 g/mol. The van der Waals surface area contributed by atoms with E-state index in [1.807, 2.05) is 48.9 Å². The van der Waals surface area contributed by atoms with Gasteiger partial charge in [0.05, 0.1) is 5.75 Å². The summed E-state index contributed by atoms with van der Waals surface area (Å²) < 4.78 is 12.6. The highest BCUT2D eigenvalue weighted by Gasteiger charge is 2.15. The van der Waals surface area contributed by atoms with Crippen molar-refractivity contribution in [1.29, 1.82) is 0 Å². The van der Waals surface area contributed by atoms with Crippen molar-refractivity contribution in [2.75, 3.05) is 5.84 Å². The molecule has 28 heavy (non-hydrogen) atoms. The molecule has 10 heteroatoms. The highest BCUT2D eigenvalue weighted by molar-refractivity contribution is 7.98. The van der Waals surface area contributed by atoms with Crippen LogP contribution in [0.4, 0.5) is 0 Å². The van der Waals surface area contributed by atoms with Crippen LogP contribution in [0.5, 0.6) is 5.75 Å². The third-order valence-corrected chi connectivity index (χ3v) is 5.67. The lowest BCUT2D eigenvalue weighted by Gasteiger charge is -2.11. The van der Waals surface area contributed by atoms with E-state index in [9.17, 15) is 0 Å². The van der Waals surface area contributed by atoms with Crippen LogP contribution in [0.25, 0.3) is 11.4 Å². The Balaban J connectivity index is 1.38. The predicted molar refractivity (Wildman–Crippen MR) is 108 cm³/mol. The van der Waals surface area contributed by atoms with Gasteiger partial charge in [-0.25, -0.2) is 4.68 Å². The van der Waals surface area contributed by atoms with E-state index < -0.39 is 0 Å². The van der Waals surface area contributed by atoms with Gasteiger partial charge in [-0.05, 0) is 36.4 Å². The summed E-state index contributed by atoms with van der Waals surface area (Å²) in [5, 5.41) is 16.7. The van der Waals surface area contributed by atoms with Crippen molar-refractivity contribution in [1.82, 2.24) is 25.0 Å². The first-order valence-electron chi connectivity index (χ1n) is 8.48. The van der Waals surface area contributed by atoms with E-state index in [1.165, 1.54) is 16.4 Å². The summed E-state index contributed by atoms with van der Waals surface area (Å²) in [6.45, 7) is 4.25. The molecule has 0 radical (unpaired) electrons. The molecule has 0 aliphatic rings. The molecule has 0 amide bonds. The van der Waals surface area contributed by atoms with Crippen LogP contribution in [-0.4, -0.2) is 25.0 Å². The van der Waals surface area contributed by atoms with Crippen LogP contribution in [0.3, 0.4) is 0 Å². The summed E-state index contributed by atoms with van der Waals surface area (Å²) in [5.41, 5.74) is 3.07. The molecule has 0 fully saturated rings. The summed E-state index contributed by atoms with van der Waals surface area (Å²) in [6.07, 6.45) is 0. The fourth-order valence-electron chi connectivity index (χ4n) is 2.62. The molecule has 0 unspecified atom stereocenters. The SMILES string of the molecule is Cc1cccc(C)c1OCc1nnc(SCc2nc(-c3ccsc3)no2)n1N. The van der Waals surface area contributed by atoms with E-state index in [0.717, 1.165) is 22.4 Å². The summed E-state index contributed by atoms with van der Waals surface area (Å²) in [6, 6.07) is 7.96. The van der Waals surface area contributed by atoms with Gasteiger partial charge >= 0.3 is 0 Å². The molecule has 8 nitrogen and oxygen atoms in total. The highest BCUT2D eigenvalue weighted by atomic mass is 32.2. The maximum Gasteiger partial charge on any atom is 0.237 e. The molecule has 0 saturated carbocycles. The second-order valence-electron chi connectivity index (χ2n) is 6.09. The van der Waals surface area contributed by atoms with Gasteiger partial charge in [-0.1, -0.05) is 35.1 Å². The molecule has 4 rings (SSSR count). The Morgan fingerprint density at radius 2 is 2.04 bits per heavy atom. The van der Waals surface area contributed by atoms with Gasteiger partial charge in [0.1, 0.15) is 12.4 Å². The lowest BCUT2D eigenvalue weighted by molar-refractivity contribution is 0.288. The van der Waals surface area contributed by atoms with Gasteiger partial charge < -0.3 is 15.1 Å². The first-order valence-corrected chi connectivity index (χ1v) is 10.4. The standard InChI is InChI=1S/C18H18N6O2S2/c1-11-4-3-5-12(2)16(11)25-8-14-21-22-18(24(14)19)28-10-15-20-17(23-26-15)13-6-7-27-9-13/h3-7,9H,8,10,19H2,1-2H3. The number of aromatic nitrogens is 5. The molecular formula is C18H18N6O2S2. The topological polar surface area (TPSA) is 105 Å². The zero-order valence-electron chi connectivity index (χ0n) is 15.3. The lowest BCUT2D eigenvalue weighted by atomic mass is 10.1. The zero-order valence-corrected chi connectivity index (χ0v) is 17.0. The maximum absolute atomic E-state index is 6.12. The van der Waals surface area contributed by atoms with E-state index in [-0.39, 0.29) is 6.61 Å². The van der Waals surface area contributed by atoms with Gasteiger partial charge in [-0.15, -0.1) is 10.2 Å². The highest BCUT2D eigenvalue weighted by Crippen LogP contribution is 2.25. The molecule has 0 spiro atoms. The van der Waals surface area contributed by atoms with Crippen LogP contribution in [0, 0.1) is 13.8 Å². The van der Waals surface area contributed by atoms with Crippen molar-refractivity contribution in [3.8, 4) is 17.1 Å². The quantitative estimate of drug-likeness (QED) is 0.361. The van der Waals surface area contributed by atoms with Gasteiger partial charge in [0.25, 0.3) is 0 Å². The fourth-order valence-corrected chi connectivity index (χ4v) is 3.96. The Morgan fingerprint density at radius 3 is 2.79 bits per heavy atom. The molecule has 0 aliphatic carbocycles. The van der Waals surface area contributed by atoms with Crippen LogP contribution in [0.2, 0.25) is 0 Å². The Kier molecular flexibility index (Phi) is 5.31. The molecular weight excluding hydrogens is 396 g/mol. The Labute approximate surface area is 169 Å². The minimum absolute atomic E-state index is 0.235. The van der Waals surface area contributed by atoms with Crippen LogP contribution >= 0.6 is 23.1 Å². The number of para-hydroxylation sites is 1. The van der Waals surface area contributed by atoms with Crippen molar-refractivity contribution < 1.29 is 9.26 Å². The maximum atomic E-state index is 6.12. The summed E-state index contributed by atoms with van der Waals surface area (Å²) in [7, 11) is 0. The number of hydrogen-bond acceptors (Lipinski definition) is 9. The van der Waals surface area contributed by atoms with Gasteiger partial charge in [0.2, 0.25) is 16.9 Å². The van der Waals surface area contributed by atoms with Gasteiger partial charge in [0, 0.05) is 10.9 Å². The number of nitrogen functional groups attached to an aromatic ring is 1. The zero-order chi connectivity index (χ0) is 19.5. The number of benzene rings is 1. The molecule has 0 bridgehead atoms. The number of nitrogens with zero attached hydrogens (tertiary/aromatic N) is 5. The minimum Gasteiger partial charge on any atom is -0.485 e. The Bertz CT molecular complexity index is 1050. The second-order valence-corrected chi connectivity index (χ2v) is 7.81. The molecule has 0 aliphatic heterocycles. The van der Waals surface area contributed by atoms with Gasteiger partial charge in [0.15, 0.2) is 5.82 Å². The second kappa shape index (κ2) is 8.03.